The smallest absolute Gasteiger partial charge is 0.316 e. The summed E-state index contributed by atoms with van der Waals surface area (Å²) in [5.41, 5.74) is 2.88. The quantitative estimate of drug-likeness (QED) is 0.581. The van der Waals surface area contributed by atoms with Gasteiger partial charge in [0.15, 0.2) is 0 Å². The van der Waals surface area contributed by atoms with Gasteiger partial charge in [-0.3, -0.25) is 14.4 Å². The van der Waals surface area contributed by atoms with E-state index in [0.29, 0.717) is 35.5 Å². The Bertz CT molecular complexity index is 888. The van der Waals surface area contributed by atoms with Crippen molar-refractivity contribution in [3.8, 4) is 5.75 Å². The molecule has 5 heteroatoms. The van der Waals surface area contributed by atoms with Gasteiger partial charge in [-0.05, 0) is 92.9 Å². The lowest BCUT2D eigenvalue weighted by Gasteiger charge is -2.48. The van der Waals surface area contributed by atoms with Crippen molar-refractivity contribution in [2.75, 3.05) is 6.61 Å². The minimum Gasteiger partial charge on any atom is -0.508 e. The number of carbonyl (C=O) groups is 3. The van der Waals surface area contributed by atoms with Crippen LogP contribution in [0.15, 0.2) is 12.1 Å². The van der Waals surface area contributed by atoms with Gasteiger partial charge in [-0.1, -0.05) is 13.0 Å². The molecule has 0 amide bonds. The van der Waals surface area contributed by atoms with Gasteiger partial charge in [0, 0.05) is 11.8 Å². The number of rotatable bonds is 5. The van der Waals surface area contributed by atoms with Crippen LogP contribution in [0.2, 0.25) is 0 Å². The Hall–Kier alpha value is -2.17. The molecule has 3 aliphatic rings. The highest BCUT2D eigenvalue weighted by molar-refractivity contribution is 5.98. The van der Waals surface area contributed by atoms with Crippen LogP contribution in [0.5, 0.6) is 5.75 Å². The fourth-order valence-corrected chi connectivity index (χ4v) is 6.45. The van der Waals surface area contributed by atoms with Crippen LogP contribution in [0, 0.1) is 23.2 Å². The topological polar surface area (TPSA) is 80.7 Å². The maximum atomic E-state index is 12.5. The molecule has 162 valence electrons. The van der Waals surface area contributed by atoms with Crippen LogP contribution in [0.1, 0.15) is 75.5 Å². The largest absolute Gasteiger partial charge is 0.508 e. The molecule has 0 aromatic heterocycles. The average Bonchev–Trinajstić information content (AvgIpc) is 3.00. The summed E-state index contributed by atoms with van der Waals surface area (Å²) in [6, 6.07) is 3.85. The zero-order valence-electron chi connectivity index (χ0n) is 18.2. The van der Waals surface area contributed by atoms with Crippen LogP contribution < -0.4 is 0 Å². The molecule has 4 rings (SSSR count). The van der Waals surface area contributed by atoms with E-state index in [2.05, 4.69) is 6.92 Å². The first kappa shape index (κ1) is 21.1. The van der Waals surface area contributed by atoms with E-state index in [1.54, 1.807) is 6.92 Å². The third kappa shape index (κ3) is 3.36. The minimum atomic E-state index is -0.893. The molecule has 5 nitrogen and oxygen atoms in total. The number of ether oxygens (including phenoxy) is 1. The third-order valence-corrected chi connectivity index (χ3v) is 8.12. The summed E-state index contributed by atoms with van der Waals surface area (Å²) >= 11 is 0. The minimum absolute atomic E-state index is 0.152. The van der Waals surface area contributed by atoms with Gasteiger partial charge in [0.25, 0.3) is 0 Å². The van der Waals surface area contributed by atoms with Gasteiger partial charge in [-0.15, -0.1) is 0 Å². The molecule has 1 unspecified atom stereocenters. The number of fused-ring (bicyclic) bond motifs is 5. The monoisotopic (exact) mass is 412 g/mol. The second-order valence-corrected chi connectivity index (χ2v) is 9.63. The highest BCUT2D eigenvalue weighted by atomic mass is 16.5. The summed E-state index contributed by atoms with van der Waals surface area (Å²) in [6.07, 6.45) is 5.72. The second-order valence-electron chi connectivity index (χ2n) is 9.63. The highest BCUT2D eigenvalue weighted by Crippen LogP contribution is 2.59. The van der Waals surface area contributed by atoms with E-state index in [0.717, 1.165) is 32.1 Å². The Morgan fingerprint density at radius 1 is 1.23 bits per heavy atom. The molecule has 2 fully saturated rings. The van der Waals surface area contributed by atoms with Crippen molar-refractivity contribution in [2.45, 2.75) is 71.6 Å². The number of esters is 1. The van der Waals surface area contributed by atoms with Gasteiger partial charge in [-0.2, -0.15) is 0 Å². The number of aromatic hydroxyl groups is 1. The van der Waals surface area contributed by atoms with Crippen molar-refractivity contribution in [3.63, 3.8) is 0 Å². The zero-order chi connectivity index (χ0) is 21.6. The van der Waals surface area contributed by atoms with Gasteiger partial charge < -0.3 is 9.84 Å². The molecule has 0 aliphatic heterocycles. The summed E-state index contributed by atoms with van der Waals surface area (Å²) in [7, 11) is 0. The number of Topliss-reactive ketones (excluding diaryl/α,β-unsaturated/α-hetero) is 2. The lowest BCUT2D eigenvalue weighted by molar-refractivity contribution is -0.151. The molecule has 5 atom stereocenters. The van der Waals surface area contributed by atoms with E-state index in [9.17, 15) is 19.5 Å². The third-order valence-electron chi connectivity index (χ3n) is 8.12. The maximum absolute atomic E-state index is 12.5. The molecular formula is C25H32O5. The SMILES string of the molecule is CCOC(=O)C(Cc1cc2c(cc1O)CC[C@@H]1[C@@H]2CC[C@]2(C)C(=O)CC[C@@H]12)C(C)=O. The fourth-order valence-electron chi connectivity index (χ4n) is 6.45. The van der Waals surface area contributed by atoms with Crippen molar-refractivity contribution in [1.29, 1.82) is 0 Å². The standard InChI is InChI=1S/C25H32O5/c1-4-30-24(29)19(14(2)26)11-16-12-20-15(13-22(16)27)5-6-18-17(20)9-10-25(3)21(18)7-8-23(25)28/h12-13,17-19,21,27H,4-11H2,1-3H3/t17-,18+,19?,21-,25-/m0/s1. The lowest BCUT2D eigenvalue weighted by Crippen LogP contribution is -2.42. The molecule has 1 aromatic carbocycles. The van der Waals surface area contributed by atoms with Crippen molar-refractivity contribution >= 4 is 17.5 Å². The normalized spacial score (nSPS) is 30.8. The van der Waals surface area contributed by atoms with Gasteiger partial charge in [0.2, 0.25) is 0 Å². The zero-order valence-corrected chi connectivity index (χ0v) is 18.2. The second kappa shape index (κ2) is 7.82. The molecule has 0 radical (unpaired) electrons. The van der Waals surface area contributed by atoms with E-state index in [1.807, 2.05) is 12.1 Å². The van der Waals surface area contributed by atoms with Crippen LogP contribution in [-0.4, -0.2) is 29.2 Å². The molecule has 1 N–H and O–H groups in total. The van der Waals surface area contributed by atoms with Crippen molar-refractivity contribution in [2.24, 2.45) is 23.2 Å². The number of ketones is 2. The van der Waals surface area contributed by atoms with Crippen molar-refractivity contribution in [1.82, 2.24) is 0 Å². The Labute approximate surface area is 178 Å². The summed E-state index contributed by atoms with van der Waals surface area (Å²) in [5.74, 6) is 0.235. The predicted octanol–water partition coefficient (Wildman–Crippen LogP) is 4.13. The van der Waals surface area contributed by atoms with Gasteiger partial charge in [0.1, 0.15) is 23.2 Å². The molecule has 0 saturated heterocycles. The molecule has 30 heavy (non-hydrogen) atoms. The van der Waals surface area contributed by atoms with E-state index in [4.69, 9.17) is 4.74 Å². The first-order chi connectivity index (χ1) is 14.3. The van der Waals surface area contributed by atoms with Gasteiger partial charge in [0.05, 0.1) is 6.61 Å². The Morgan fingerprint density at radius 2 is 2.00 bits per heavy atom. The number of phenols is 1. The maximum Gasteiger partial charge on any atom is 0.316 e. The molecule has 0 bridgehead atoms. The summed E-state index contributed by atoms with van der Waals surface area (Å²) in [4.78, 5) is 36.9. The summed E-state index contributed by atoms with van der Waals surface area (Å²) < 4.78 is 5.07. The van der Waals surface area contributed by atoms with Crippen LogP contribution >= 0.6 is 0 Å². The van der Waals surface area contributed by atoms with Crippen LogP contribution in [-0.2, 0) is 32.0 Å². The number of hydrogen-bond donors (Lipinski definition) is 1. The molecular weight excluding hydrogens is 380 g/mol. The van der Waals surface area contributed by atoms with Gasteiger partial charge in [-0.25, -0.2) is 0 Å². The lowest BCUT2D eigenvalue weighted by atomic mass is 9.55. The summed E-state index contributed by atoms with van der Waals surface area (Å²) in [6.45, 7) is 5.50. The van der Waals surface area contributed by atoms with Gasteiger partial charge >= 0.3 is 5.97 Å². The fraction of sp³-hybridized carbons (Fsp3) is 0.640. The van der Waals surface area contributed by atoms with E-state index < -0.39 is 11.9 Å². The average molecular weight is 413 g/mol. The predicted molar refractivity (Wildman–Crippen MR) is 112 cm³/mol. The Morgan fingerprint density at radius 3 is 2.70 bits per heavy atom. The number of aryl methyl sites for hydroxylation is 1. The van der Waals surface area contributed by atoms with Crippen molar-refractivity contribution < 1.29 is 24.2 Å². The Kier molecular flexibility index (Phi) is 5.50. The molecule has 1 aromatic rings. The van der Waals surface area contributed by atoms with E-state index >= 15 is 0 Å². The first-order valence-corrected chi connectivity index (χ1v) is 11.3. The number of hydrogen-bond acceptors (Lipinski definition) is 5. The van der Waals surface area contributed by atoms with Crippen LogP contribution in [0.25, 0.3) is 0 Å². The number of phenolic OH excluding ortho intramolecular Hbond substituents is 1. The molecule has 0 spiro atoms. The number of carbonyl (C=O) groups excluding carboxylic acids is 3. The number of benzene rings is 1. The van der Waals surface area contributed by atoms with Crippen molar-refractivity contribution in [3.05, 3.63) is 28.8 Å². The Balaban J connectivity index is 1.64. The molecule has 2 saturated carbocycles. The van der Waals surface area contributed by atoms with Crippen LogP contribution in [0.4, 0.5) is 0 Å². The first-order valence-electron chi connectivity index (χ1n) is 11.3. The highest BCUT2D eigenvalue weighted by Gasteiger charge is 2.54. The molecule has 3 aliphatic carbocycles. The molecule has 0 heterocycles. The van der Waals surface area contributed by atoms with E-state index in [1.165, 1.54) is 18.1 Å². The van der Waals surface area contributed by atoms with E-state index in [-0.39, 0.29) is 30.0 Å². The van der Waals surface area contributed by atoms with Crippen LogP contribution in [0.3, 0.4) is 0 Å². The summed E-state index contributed by atoms with van der Waals surface area (Å²) in [5, 5.41) is 10.6.